The zero-order chi connectivity index (χ0) is 17.1. The van der Waals surface area contributed by atoms with Gasteiger partial charge < -0.3 is 10.2 Å². The van der Waals surface area contributed by atoms with Gasteiger partial charge in [-0.3, -0.25) is 9.58 Å². The number of nitrogens with zero attached hydrogens (tertiary/aromatic N) is 4. The molecule has 0 radical (unpaired) electrons. The first-order chi connectivity index (χ1) is 11.5. The Labute approximate surface area is 153 Å². The number of nitrogens with one attached hydrogen (secondary N) is 1. The van der Waals surface area contributed by atoms with Crippen molar-refractivity contribution in [2.45, 2.75) is 13.5 Å². The molecule has 1 aromatic carbocycles. The first kappa shape index (κ1) is 17.2. The Morgan fingerprint density at radius 1 is 1.25 bits per heavy atom. The molecular weight excluding hydrogens is 342 g/mol. The molecule has 5 nitrogen and oxygen atoms in total. The summed E-state index contributed by atoms with van der Waals surface area (Å²) >= 11 is 11.7. The van der Waals surface area contributed by atoms with E-state index in [1.54, 1.807) is 0 Å². The number of hydrogen-bond donors (Lipinski definition) is 1. The molecule has 0 unspecified atom stereocenters. The summed E-state index contributed by atoms with van der Waals surface area (Å²) in [4.78, 5) is 4.64. The minimum Gasteiger partial charge on any atom is -0.346 e. The van der Waals surface area contributed by atoms with Crippen molar-refractivity contribution in [3.05, 3.63) is 46.7 Å². The Morgan fingerprint density at radius 3 is 2.58 bits per heavy atom. The molecule has 7 heteroatoms. The summed E-state index contributed by atoms with van der Waals surface area (Å²) in [6.45, 7) is 6.80. The average molecular weight is 364 g/mol. The summed E-state index contributed by atoms with van der Waals surface area (Å²) in [6, 6.07) is 7.66. The third-order valence-corrected chi connectivity index (χ3v) is 4.97. The van der Waals surface area contributed by atoms with E-state index in [1.165, 1.54) is 5.56 Å². The second-order valence-corrected chi connectivity index (χ2v) is 6.88. The average Bonchev–Trinajstić information content (AvgIpc) is 2.88. The predicted octanol–water partition coefficient (Wildman–Crippen LogP) is 2.90. The van der Waals surface area contributed by atoms with E-state index in [-0.39, 0.29) is 0 Å². The van der Waals surface area contributed by atoms with Crippen molar-refractivity contribution in [1.82, 2.24) is 19.6 Å². The van der Waals surface area contributed by atoms with Crippen molar-refractivity contribution in [2.75, 3.05) is 31.5 Å². The smallest absolute Gasteiger partial charge is 0.173 e. The normalized spacial score (nSPS) is 15.5. The predicted molar refractivity (Wildman–Crippen MR) is 102 cm³/mol. The molecule has 1 saturated heterocycles. The Bertz CT molecular complexity index is 722. The van der Waals surface area contributed by atoms with E-state index in [9.17, 15) is 0 Å². The third-order valence-electron chi connectivity index (χ3n) is 4.28. The molecule has 0 aliphatic carbocycles. The molecule has 0 bridgehead atoms. The summed E-state index contributed by atoms with van der Waals surface area (Å²) in [7, 11) is 1.97. The van der Waals surface area contributed by atoms with Crippen LogP contribution in [0, 0.1) is 6.92 Å². The number of benzene rings is 1. The van der Waals surface area contributed by atoms with Crippen LogP contribution < -0.4 is 5.32 Å². The first-order valence-corrected chi connectivity index (χ1v) is 8.83. The van der Waals surface area contributed by atoms with E-state index in [1.807, 2.05) is 36.0 Å². The molecule has 1 aliphatic rings. The van der Waals surface area contributed by atoms with Gasteiger partial charge in [-0.2, -0.15) is 5.10 Å². The number of halogens is 1. The van der Waals surface area contributed by atoms with E-state index in [0.29, 0.717) is 5.02 Å². The van der Waals surface area contributed by atoms with Gasteiger partial charge >= 0.3 is 0 Å². The zero-order valence-corrected chi connectivity index (χ0v) is 15.6. The standard InChI is InChI=1S/C17H22ClN5S/c1-13-14(11-21(2)20-13)12-22-7-9-23(10-8-22)17(24)19-16-6-4-3-5-15(16)18/h3-6,11H,7-10,12H2,1-2H3,(H,19,24). The van der Waals surface area contributed by atoms with Crippen LogP contribution in [0.4, 0.5) is 5.69 Å². The maximum Gasteiger partial charge on any atom is 0.173 e. The number of piperazine rings is 1. The zero-order valence-electron chi connectivity index (χ0n) is 14.0. The molecule has 0 atom stereocenters. The van der Waals surface area contributed by atoms with Crippen molar-refractivity contribution in [1.29, 1.82) is 0 Å². The first-order valence-electron chi connectivity index (χ1n) is 8.05. The van der Waals surface area contributed by atoms with Gasteiger partial charge in [0.05, 0.1) is 16.4 Å². The summed E-state index contributed by atoms with van der Waals surface area (Å²) in [6.07, 6.45) is 2.10. The highest BCUT2D eigenvalue weighted by Gasteiger charge is 2.20. The molecule has 3 rings (SSSR count). The molecule has 0 saturated carbocycles. The lowest BCUT2D eigenvalue weighted by molar-refractivity contribution is 0.176. The third kappa shape index (κ3) is 4.06. The van der Waals surface area contributed by atoms with Crippen LogP contribution in [-0.4, -0.2) is 50.9 Å². The van der Waals surface area contributed by atoms with Gasteiger partial charge in [-0.25, -0.2) is 0 Å². The van der Waals surface area contributed by atoms with Crippen molar-refractivity contribution in [2.24, 2.45) is 7.05 Å². The molecule has 128 valence electrons. The Kier molecular flexibility index (Phi) is 5.38. The van der Waals surface area contributed by atoms with Gasteiger partial charge in [0.1, 0.15) is 0 Å². The van der Waals surface area contributed by atoms with Crippen LogP contribution in [-0.2, 0) is 13.6 Å². The monoisotopic (exact) mass is 363 g/mol. The number of thiocarbonyl (C=S) groups is 1. The van der Waals surface area contributed by atoms with Crippen LogP contribution in [0.25, 0.3) is 0 Å². The fourth-order valence-electron chi connectivity index (χ4n) is 2.91. The topological polar surface area (TPSA) is 36.3 Å². The molecule has 1 fully saturated rings. The molecule has 1 N–H and O–H groups in total. The summed E-state index contributed by atoms with van der Waals surface area (Å²) in [5.74, 6) is 0. The van der Waals surface area contributed by atoms with Crippen molar-refractivity contribution < 1.29 is 0 Å². The van der Waals surface area contributed by atoms with Gasteiger partial charge in [-0.15, -0.1) is 0 Å². The molecule has 0 spiro atoms. The summed E-state index contributed by atoms with van der Waals surface area (Å²) in [5, 5.41) is 9.08. The van der Waals surface area contributed by atoms with E-state index in [0.717, 1.165) is 49.2 Å². The number of rotatable bonds is 3. The van der Waals surface area contributed by atoms with Gasteiger partial charge in [-0.05, 0) is 31.3 Å². The van der Waals surface area contributed by atoms with Crippen LogP contribution >= 0.6 is 23.8 Å². The van der Waals surface area contributed by atoms with Crippen LogP contribution in [0.15, 0.2) is 30.5 Å². The Hall–Kier alpha value is -1.63. The van der Waals surface area contributed by atoms with Gasteiger partial charge in [0.15, 0.2) is 5.11 Å². The van der Waals surface area contributed by atoms with E-state index >= 15 is 0 Å². The molecule has 0 amide bonds. The highest BCUT2D eigenvalue weighted by molar-refractivity contribution is 7.80. The van der Waals surface area contributed by atoms with Crippen LogP contribution in [0.2, 0.25) is 5.02 Å². The minimum atomic E-state index is 0.686. The van der Waals surface area contributed by atoms with E-state index < -0.39 is 0 Å². The molecule has 1 aliphatic heterocycles. The maximum absolute atomic E-state index is 6.18. The number of hydrogen-bond acceptors (Lipinski definition) is 3. The Morgan fingerprint density at radius 2 is 1.96 bits per heavy atom. The molecule has 24 heavy (non-hydrogen) atoms. The maximum atomic E-state index is 6.18. The van der Waals surface area contributed by atoms with Crippen LogP contribution in [0.5, 0.6) is 0 Å². The molecule has 1 aromatic heterocycles. The van der Waals surface area contributed by atoms with Crippen molar-refractivity contribution >= 4 is 34.6 Å². The highest BCUT2D eigenvalue weighted by atomic mass is 35.5. The highest BCUT2D eigenvalue weighted by Crippen LogP contribution is 2.21. The molecule has 2 aromatic rings. The molecular formula is C17H22ClN5S. The molecule has 2 heterocycles. The summed E-state index contributed by atoms with van der Waals surface area (Å²) < 4.78 is 1.88. The number of aryl methyl sites for hydroxylation is 2. The van der Waals surface area contributed by atoms with Gasteiger partial charge in [-0.1, -0.05) is 23.7 Å². The lowest BCUT2D eigenvalue weighted by Gasteiger charge is -2.36. The Balaban J connectivity index is 1.52. The fourth-order valence-corrected chi connectivity index (χ4v) is 3.39. The van der Waals surface area contributed by atoms with Crippen molar-refractivity contribution in [3.8, 4) is 0 Å². The second kappa shape index (κ2) is 7.51. The SMILES string of the molecule is Cc1nn(C)cc1CN1CCN(C(=S)Nc2ccccc2Cl)CC1. The summed E-state index contributed by atoms with van der Waals surface area (Å²) in [5.41, 5.74) is 3.26. The van der Waals surface area contributed by atoms with Gasteiger partial charge in [0.25, 0.3) is 0 Å². The quantitative estimate of drug-likeness (QED) is 0.848. The van der Waals surface area contributed by atoms with Gasteiger partial charge in [0.2, 0.25) is 0 Å². The van der Waals surface area contributed by atoms with E-state index in [4.69, 9.17) is 23.8 Å². The lowest BCUT2D eigenvalue weighted by Crippen LogP contribution is -2.49. The number of anilines is 1. The van der Waals surface area contributed by atoms with E-state index in [2.05, 4.69) is 33.3 Å². The fraction of sp³-hybridized carbons (Fsp3) is 0.412. The van der Waals surface area contributed by atoms with Crippen LogP contribution in [0.1, 0.15) is 11.3 Å². The number of para-hydroxylation sites is 1. The van der Waals surface area contributed by atoms with Gasteiger partial charge in [0, 0.05) is 51.5 Å². The van der Waals surface area contributed by atoms with Crippen LogP contribution in [0.3, 0.4) is 0 Å². The number of aromatic nitrogens is 2. The second-order valence-electron chi connectivity index (χ2n) is 6.09. The largest absolute Gasteiger partial charge is 0.346 e. The minimum absolute atomic E-state index is 0.686. The van der Waals surface area contributed by atoms with Crippen molar-refractivity contribution in [3.63, 3.8) is 0 Å². The lowest BCUT2D eigenvalue weighted by atomic mass is 10.2.